The largest absolute Gasteiger partial charge is 0.397 e. The predicted molar refractivity (Wildman–Crippen MR) is 128 cm³/mol. The summed E-state index contributed by atoms with van der Waals surface area (Å²) < 4.78 is 29.7. The van der Waals surface area contributed by atoms with Crippen molar-refractivity contribution in [3.8, 4) is 16.8 Å². The average molecular weight is 469 g/mol. The summed E-state index contributed by atoms with van der Waals surface area (Å²) in [7, 11) is 2.19. The Morgan fingerprint density at radius 2 is 1.85 bits per heavy atom. The number of amides is 1. The number of aromatic nitrogens is 3. The number of benzene rings is 1. The van der Waals surface area contributed by atoms with Gasteiger partial charge in [0.15, 0.2) is 0 Å². The molecule has 1 aliphatic heterocycles. The van der Waals surface area contributed by atoms with Crippen LogP contribution in [0.4, 0.5) is 14.5 Å². The van der Waals surface area contributed by atoms with Gasteiger partial charge in [-0.15, -0.1) is 0 Å². The molecule has 3 aromatic rings. The first kappa shape index (κ1) is 23.8. The molecule has 1 amide bonds. The molecule has 0 atom stereocenters. The highest BCUT2D eigenvalue weighted by atomic mass is 19.1. The minimum absolute atomic E-state index is 0.0450. The van der Waals surface area contributed by atoms with Crippen LogP contribution >= 0.6 is 0 Å². The lowest BCUT2D eigenvalue weighted by atomic mass is 10.1. The standard InChI is InChI=1S/C19H17F2N5O.C6H13N/c1-10-4-16(20)15(19(27)25-13-2-3-13)6-17(10)26-9-11(7-24-26)14-5-12(22)8-23-18(14)21;1-7-5-3-2-4-6-7/h4-9,13H,2-3,22H2,1H3,(H,25,27);2-6H2,1H3. The summed E-state index contributed by atoms with van der Waals surface area (Å²) in [5.74, 6) is -1.70. The highest BCUT2D eigenvalue weighted by Gasteiger charge is 2.25. The lowest BCUT2D eigenvalue weighted by molar-refractivity contribution is 0.0947. The Morgan fingerprint density at radius 1 is 1.12 bits per heavy atom. The second-order valence-corrected chi connectivity index (χ2v) is 9.01. The van der Waals surface area contributed by atoms with Gasteiger partial charge in [-0.1, -0.05) is 6.42 Å². The van der Waals surface area contributed by atoms with Crippen LogP contribution in [0.3, 0.4) is 0 Å². The fraction of sp³-hybridized carbons (Fsp3) is 0.400. The van der Waals surface area contributed by atoms with E-state index >= 15 is 0 Å². The minimum atomic E-state index is -0.663. The summed E-state index contributed by atoms with van der Waals surface area (Å²) in [5.41, 5.74) is 7.77. The van der Waals surface area contributed by atoms with Crippen molar-refractivity contribution >= 4 is 11.6 Å². The van der Waals surface area contributed by atoms with E-state index in [9.17, 15) is 13.6 Å². The number of halogens is 2. The lowest BCUT2D eigenvalue weighted by Crippen LogP contribution is -2.26. The van der Waals surface area contributed by atoms with E-state index in [1.165, 1.54) is 67.6 Å². The van der Waals surface area contributed by atoms with E-state index in [4.69, 9.17) is 5.73 Å². The Hall–Kier alpha value is -3.33. The molecule has 1 aromatic carbocycles. The molecule has 0 bridgehead atoms. The van der Waals surface area contributed by atoms with Gasteiger partial charge >= 0.3 is 0 Å². The molecule has 3 heterocycles. The zero-order chi connectivity index (χ0) is 24.2. The maximum atomic E-state index is 14.3. The van der Waals surface area contributed by atoms with Crippen molar-refractivity contribution < 1.29 is 13.6 Å². The van der Waals surface area contributed by atoms with Crippen LogP contribution in [0.2, 0.25) is 0 Å². The van der Waals surface area contributed by atoms with E-state index in [1.54, 1.807) is 13.1 Å². The minimum Gasteiger partial charge on any atom is -0.397 e. The van der Waals surface area contributed by atoms with Gasteiger partial charge in [-0.05, 0) is 76.5 Å². The molecule has 3 N–H and O–H groups in total. The molecule has 2 fully saturated rings. The van der Waals surface area contributed by atoms with Crippen LogP contribution in [0.1, 0.15) is 48.0 Å². The first-order valence-electron chi connectivity index (χ1n) is 11.6. The SMILES string of the molecule is CN1CCCCC1.Cc1cc(F)c(C(=O)NC2CC2)cc1-n1cc(-c2cc(N)cnc2F)cn1. The summed E-state index contributed by atoms with van der Waals surface area (Å²) >= 11 is 0. The zero-order valence-electron chi connectivity index (χ0n) is 19.5. The fourth-order valence-electron chi connectivity index (χ4n) is 3.89. The summed E-state index contributed by atoms with van der Waals surface area (Å²) in [6.07, 6.45) is 10.4. The number of aryl methyl sites for hydroxylation is 1. The number of nitrogen functional groups attached to an aromatic ring is 1. The van der Waals surface area contributed by atoms with E-state index in [0.717, 1.165) is 12.8 Å². The Labute approximate surface area is 198 Å². The van der Waals surface area contributed by atoms with Crippen LogP contribution in [-0.2, 0) is 0 Å². The summed E-state index contributed by atoms with van der Waals surface area (Å²) in [5, 5.41) is 7.00. The van der Waals surface area contributed by atoms with E-state index in [2.05, 4.69) is 27.3 Å². The van der Waals surface area contributed by atoms with E-state index in [0.29, 0.717) is 22.5 Å². The van der Waals surface area contributed by atoms with Gasteiger partial charge in [-0.3, -0.25) is 4.79 Å². The molecular weight excluding hydrogens is 438 g/mol. The molecule has 9 heteroatoms. The topological polar surface area (TPSA) is 89.1 Å². The van der Waals surface area contributed by atoms with Crippen molar-refractivity contribution in [1.82, 2.24) is 25.0 Å². The first-order chi connectivity index (χ1) is 16.3. The van der Waals surface area contributed by atoms with Gasteiger partial charge in [0.1, 0.15) is 5.82 Å². The van der Waals surface area contributed by atoms with Crippen LogP contribution in [-0.4, -0.2) is 51.8 Å². The molecule has 180 valence electrons. The maximum Gasteiger partial charge on any atom is 0.254 e. The van der Waals surface area contributed by atoms with Crippen LogP contribution in [0.25, 0.3) is 16.8 Å². The third-order valence-corrected chi connectivity index (χ3v) is 6.02. The Morgan fingerprint density at radius 3 is 2.50 bits per heavy atom. The average Bonchev–Trinajstić information content (AvgIpc) is 3.49. The van der Waals surface area contributed by atoms with Gasteiger partial charge < -0.3 is 16.0 Å². The van der Waals surface area contributed by atoms with Crippen molar-refractivity contribution in [1.29, 1.82) is 0 Å². The summed E-state index contributed by atoms with van der Waals surface area (Å²) in [6.45, 7) is 4.35. The maximum absolute atomic E-state index is 14.3. The number of nitrogens with one attached hydrogen (secondary N) is 1. The molecule has 0 radical (unpaired) electrons. The molecular formula is C25H30F2N6O. The Kier molecular flexibility index (Phi) is 7.21. The number of carbonyl (C=O) groups is 1. The number of nitrogens with zero attached hydrogens (tertiary/aromatic N) is 4. The van der Waals surface area contributed by atoms with Gasteiger partial charge in [0, 0.05) is 23.4 Å². The van der Waals surface area contributed by atoms with Gasteiger partial charge in [-0.2, -0.15) is 9.49 Å². The van der Waals surface area contributed by atoms with Crippen LogP contribution < -0.4 is 11.1 Å². The van der Waals surface area contributed by atoms with Crippen LogP contribution in [0.15, 0.2) is 36.8 Å². The number of anilines is 1. The van der Waals surface area contributed by atoms with Gasteiger partial charge in [0.25, 0.3) is 5.91 Å². The Balaban J connectivity index is 0.000000336. The molecule has 0 unspecified atom stereocenters. The third-order valence-electron chi connectivity index (χ3n) is 6.02. The number of carbonyl (C=O) groups excluding carboxylic acids is 1. The van der Waals surface area contributed by atoms with Crippen molar-refractivity contribution in [2.24, 2.45) is 0 Å². The van der Waals surface area contributed by atoms with E-state index in [-0.39, 0.29) is 17.2 Å². The molecule has 1 saturated heterocycles. The number of likely N-dealkylation sites (tertiary alicyclic amines) is 1. The van der Waals surface area contributed by atoms with Crippen molar-refractivity contribution in [2.45, 2.75) is 45.1 Å². The van der Waals surface area contributed by atoms with E-state index < -0.39 is 17.7 Å². The lowest BCUT2D eigenvalue weighted by Gasteiger charge is -2.20. The second-order valence-electron chi connectivity index (χ2n) is 9.01. The summed E-state index contributed by atoms with van der Waals surface area (Å²) in [6, 6.07) is 4.33. The highest BCUT2D eigenvalue weighted by molar-refractivity contribution is 5.95. The summed E-state index contributed by atoms with van der Waals surface area (Å²) in [4.78, 5) is 18.3. The quantitative estimate of drug-likeness (QED) is 0.563. The van der Waals surface area contributed by atoms with Crippen LogP contribution in [0.5, 0.6) is 0 Å². The molecule has 2 aromatic heterocycles. The Bertz CT molecular complexity index is 1170. The normalized spacial score (nSPS) is 16.0. The second kappa shape index (κ2) is 10.3. The molecule has 5 rings (SSSR count). The highest BCUT2D eigenvalue weighted by Crippen LogP contribution is 2.26. The number of nitrogens with two attached hydrogens (primary N) is 1. The fourth-order valence-corrected chi connectivity index (χ4v) is 3.89. The number of hydrogen-bond acceptors (Lipinski definition) is 5. The third kappa shape index (κ3) is 5.77. The van der Waals surface area contributed by atoms with E-state index in [1.807, 2.05) is 0 Å². The molecule has 1 saturated carbocycles. The van der Waals surface area contributed by atoms with Crippen molar-refractivity contribution in [2.75, 3.05) is 25.9 Å². The number of piperidine rings is 1. The molecule has 2 aliphatic rings. The number of pyridine rings is 1. The van der Waals surface area contributed by atoms with Gasteiger partial charge in [-0.25, -0.2) is 14.1 Å². The molecule has 0 spiro atoms. The number of hydrogen-bond donors (Lipinski definition) is 2. The smallest absolute Gasteiger partial charge is 0.254 e. The van der Waals surface area contributed by atoms with Gasteiger partial charge in [0.05, 0.1) is 29.3 Å². The van der Waals surface area contributed by atoms with Gasteiger partial charge in [0.2, 0.25) is 5.95 Å². The van der Waals surface area contributed by atoms with Crippen LogP contribution in [0, 0.1) is 18.7 Å². The predicted octanol–water partition coefficient (Wildman–Crippen LogP) is 4.10. The monoisotopic (exact) mass is 468 g/mol. The molecule has 34 heavy (non-hydrogen) atoms. The molecule has 7 nitrogen and oxygen atoms in total. The first-order valence-corrected chi connectivity index (χ1v) is 11.6. The number of rotatable bonds is 4. The zero-order valence-corrected chi connectivity index (χ0v) is 19.5. The van der Waals surface area contributed by atoms with Crippen molar-refractivity contribution in [3.05, 3.63) is 59.7 Å². The van der Waals surface area contributed by atoms with Crippen molar-refractivity contribution in [3.63, 3.8) is 0 Å². The molecule has 1 aliphatic carbocycles.